The molecule has 0 bridgehead atoms. The summed E-state index contributed by atoms with van der Waals surface area (Å²) in [5, 5.41) is 0. The molecule has 1 aromatic heterocycles. The normalized spacial score (nSPS) is 13.3. The second-order valence-electron chi connectivity index (χ2n) is 5.05. The first-order valence-electron chi connectivity index (χ1n) is 6.69. The van der Waals surface area contributed by atoms with Crippen LogP contribution in [-0.4, -0.2) is 14.5 Å². The highest BCUT2D eigenvalue weighted by Crippen LogP contribution is 2.21. The number of benzene rings is 1. The van der Waals surface area contributed by atoms with E-state index in [2.05, 4.69) is 20.7 Å². The van der Waals surface area contributed by atoms with Crippen LogP contribution in [0.3, 0.4) is 0 Å². The van der Waals surface area contributed by atoms with Gasteiger partial charge < -0.3 is 4.42 Å². The molecule has 1 N–H and O–H groups in total. The van der Waals surface area contributed by atoms with Crippen molar-refractivity contribution in [2.24, 2.45) is 0 Å². The molecule has 4 nitrogen and oxygen atoms in total. The maximum absolute atomic E-state index is 12.4. The fourth-order valence-electron chi connectivity index (χ4n) is 2.06. The van der Waals surface area contributed by atoms with Gasteiger partial charge in [-0.15, -0.1) is 0 Å². The van der Waals surface area contributed by atoms with Crippen LogP contribution in [0, 0.1) is 6.92 Å². The Bertz CT molecular complexity index is 696. The lowest BCUT2D eigenvalue weighted by Gasteiger charge is -2.15. The fraction of sp³-hybridized carbons (Fsp3) is 0.333. The molecule has 0 fully saturated rings. The molecule has 2 rings (SSSR count). The Morgan fingerprint density at radius 2 is 2.10 bits per heavy atom. The SMILES string of the molecule is Cc1ccc(Br)cc1S(=O)(=O)N[C@@H](C)CCc1ccco1. The summed E-state index contributed by atoms with van der Waals surface area (Å²) in [6.45, 7) is 3.64. The van der Waals surface area contributed by atoms with Gasteiger partial charge in [0.2, 0.25) is 10.0 Å². The topological polar surface area (TPSA) is 59.3 Å². The molecule has 0 radical (unpaired) electrons. The standard InChI is InChI=1S/C15H18BrNO3S/c1-11-5-7-13(16)10-15(11)21(18,19)17-12(2)6-8-14-4-3-9-20-14/h3-5,7,9-10,12,17H,6,8H2,1-2H3/t12-/m0/s1. The quantitative estimate of drug-likeness (QED) is 0.842. The van der Waals surface area contributed by atoms with Crippen molar-refractivity contribution >= 4 is 26.0 Å². The predicted molar refractivity (Wildman–Crippen MR) is 85.7 cm³/mol. The van der Waals surface area contributed by atoms with E-state index in [0.29, 0.717) is 17.7 Å². The zero-order chi connectivity index (χ0) is 15.5. The molecule has 114 valence electrons. The highest BCUT2D eigenvalue weighted by Gasteiger charge is 2.19. The van der Waals surface area contributed by atoms with Crippen LogP contribution in [0.15, 0.2) is 50.4 Å². The number of rotatable bonds is 6. The van der Waals surface area contributed by atoms with Crippen LogP contribution in [0.2, 0.25) is 0 Å². The minimum absolute atomic E-state index is 0.168. The van der Waals surface area contributed by atoms with E-state index in [1.807, 2.05) is 25.1 Å². The Kier molecular flexibility index (Phi) is 5.24. The molecule has 0 aliphatic rings. The van der Waals surface area contributed by atoms with E-state index in [0.717, 1.165) is 15.8 Å². The van der Waals surface area contributed by atoms with Crippen molar-refractivity contribution in [3.05, 3.63) is 52.4 Å². The molecule has 0 aliphatic carbocycles. The van der Waals surface area contributed by atoms with Gasteiger partial charge in [0.25, 0.3) is 0 Å². The Morgan fingerprint density at radius 3 is 2.76 bits per heavy atom. The first-order valence-corrected chi connectivity index (χ1v) is 8.97. The van der Waals surface area contributed by atoms with E-state index < -0.39 is 10.0 Å². The van der Waals surface area contributed by atoms with Gasteiger partial charge in [0.1, 0.15) is 5.76 Å². The van der Waals surface area contributed by atoms with Crippen LogP contribution in [0.4, 0.5) is 0 Å². The van der Waals surface area contributed by atoms with Crippen LogP contribution in [-0.2, 0) is 16.4 Å². The van der Waals surface area contributed by atoms with Crippen LogP contribution >= 0.6 is 15.9 Å². The molecule has 6 heteroatoms. The van der Waals surface area contributed by atoms with Gasteiger partial charge in [0.05, 0.1) is 11.2 Å². The number of halogens is 1. The van der Waals surface area contributed by atoms with Crippen molar-refractivity contribution in [1.82, 2.24) is 4.72 Å². The monoisotopic (exact) mass is 371 g/mol. The summed E-state index contributed by atoms with van der Waals surface area (Å²) in [4.78, 5) is 0.307. The van der Waals surface area contributed by atoms with Gasteiger partial charge in [0, 0.05) is 16.9 Å². The van der Waals surface area contributed by atoms with E-state index in [9.17, 15) is 8.42 Å². The number of hydrogen-bond donors (Lipinski definition) is 1. The van der Waals surface area contributed by atoms with Crippen molar-refractivity contribution in [2.75, 3.05) is 0 Å². The molecular weight excluding hydrogens is 354 g/mol. The van der Waals surface area contributed by atoms with Gasteiger partial charge in [-0.05, 0) is 50.1 Å². The van der Waals surface area contributed by atoms with Gasteiger partial charge in [-0.1, -0.05) is 22.0 Å². The van der Waals surface area contributed by atoms with Crippen molar-refractivity contribution in [3.63, 3.8) is 0 Å². The van der Waals surface area contributed by atoms with Crippen LogP contribution in [0.1, 0.15) is 24.7 Å². The molecule has 0 spiro atoms. The lowest BCUT2D eigenvalue weighted by molar-refractivity contribution is 0.480. The van der Waals surface area contributed by atoms with Crippen molar-refractivity contribution in [3.8, 4) is 0 Å². The summed E-state index contributed by atoms with van der Waals surface area (Å²) in [6, 6.07) is 8.78. The number of hydrogen-bond acceptors (Lipinski definition) is 3. The van der Waals surface area contributed by atoms with Crippen LogP contribution < -0.4 is 4.72 Å². The maximum atomic E-state index is 12.4. The first-order chi connectivity index (χ1) is 9.88. The first kappa shape index (κ1) is 16.3. The average Bonchev–Trinajstić information content (AvgIpc) is 2.92. The molecule has 1 heterocycles. The highest BCUT2D eigenvalue weighted by molar-refractivity contribution is 9.10. The highest BCUT2D eigenvalue weighted by atomic mass is 79.9. The minimum atomic E-state index is -3.51. The fourth-order valence-corrected chi connectivity index (χ4v) is 4.13. The summed E-state index contributed by atoms with van der Waals surface area (Å²) >= 11 is 3.31. The summed E-state index contributed by atoms with van der Waals surface area (Å²) in [5.74, 6) is 0.861. The van der Waals surface area contributed by atoms with E-state index >= 15 is 0 Å². The molecule has 0 aliphatic heterocycles. The van der Waals surface area contributed by atoms with Crippen LogP contribution in [0.5, 0.6) is 0 Å². The molecule has 0 unspecified atom stereocenters. The molecule has 2 aromatic rings. The van der Waals surface area contributed by atoms with E-state index in [1.54, 1.807) is 25.3 Å². The number of furan rings is 1. The largest absolute Gasteiger partial charge is 0.469 e. The number of sulfonamides is 1. The molecule has 21 heavy (non-hydrogen) atoms. The Hall–Kier alpha value is -1.11. The van der Waals surface area contributed by atoms with Gasteiger partial charge in [-0.25, -0.2) is 13.1 Å². The third-order valence-corrected chi connectivity index (χ3v) is 5.42. The second-order valence-corrected chi connectivity index (χ2v) is 7.65. The van der Waals surface area contributed by atoms with Crippen molar-refractivity contribution in [1.29, 1.82) is 0 Å². The Morgan fingerprint density at radius 1 is 1.33 bits per heavy atom. The Balaban J connectivity index is 2.04. The van der Waals surface area contributed by atoms with Crippen molar-refractivity contribution < 1.29 is 12.8 Å². The van der Waals surface area contributed by atoms with E-state index in [-0.39, 0.29) is 6.04 Å². The molecule has 1 atom stereocenters. The summed E-state index contributed by atoms with van der Waals surface area (Å²) < 4.78 is 33.6. The molecular formula is C15H18BrNO3S. The predicted octanol–water partition coefficient (Wildman–Crippen LogP) is 3.65. The number of nitrogens with one attached hydrogen (secondary N) is 1. The summed E-state index contributed by atoms with van der Waals surface area (Å²) in [5.41, 5.74) is 0.726. The number of aryl methyl sites for hydroxylation is 2. The third-order valence-electron chi connectivity index (χ3n) is 3.20. The van der Waals surface area contributed by atoms with Gasteiger partial charge in [-0.2, -0.15) is 0 Å². The van der Waals surface area contributed by atoms with Gasteiger partial charge >= 0.3 is 0 Å². The van der Waals surface area contributed by atoms with E-state index in [4.69, 9.17) is 4.42 Å². The molecule has 1 aromatic carbocycles. The lowest BCUT2D eigenvalue weighted by Crippen LogP contribution is -2.33. The Labute approximate surface area is 133 Å². The van der Waals surface area contributed by atoms with Crippen LogP contribution in [0.25, 0.3) is 0 Å². The third kappa shape index (κ3) is 4.43. The van der Waals surface area contributed by atoms with Gasteiger partial charge in [0.15, 0.2) is 0 Å². The zero-order valence-corrected chi connectivity index (χ0v) is 14.4. The average molecular weight is 372 g/mol. The van der Waals surface area contributed by atoms with Crippen molar-refractivity contribution in [2.45, 2.75) is 37.6 Å². The maximum Gasteiger partial charge on any atom is 0.241 e. The smallest absolute Gasteiger partial charge is 0.241 e. The molecule has 0 amide bonds. The minimum Gasteiger partial charge on any atom is -0.469 e. The lowest BCUT2D eigenvalue weighted by atomic mass is 10.2. The molecule has 0 saturated heterocycles. The van der Waals surface area contributed by atoms with E-state index in [1.165, 1.54) is 0 Å². The van der Waals surface area contributed by atoms with Gasteiger partial charge in [-0.3, -0.25) is 0 Å². The zero-order valence-electron chi connectivity index (χ0n) is 12.0. The second kappa shape index (κ2) is 6.77. The molecule has 0 saturated carbocycles. The summed E-state index contributed by atoms with van der Waals surface area (Å²) in [6.07, 6.45) is 3.00. The summed E-state index contributed by atoms with van der Waals surface area (Å²) in [7, 11) is -3.51.